The summed E-state index contributed by atoms with van der Waals surface area (Å²) >= 11 is 3.53. The third-order valence-electron chi connectivity index (χ3n) is 2.08. The topological polar surface area (TPSA) is 41.3 Å². The lowest BCUT2D eigenvalue weighted by Crippen LogP contribution is -2.36. The highest BCUT2D eigenvalue weighted by atomic mass is 79.9. The van der Waals surface area contributed by atoms with Crippen LogP contribution in [0.15, 0.2) is 28.7 Å². The van der Waals surface area contributed by atoms with E-state index in [4.69, 9.17) is 5.84 Å². The van der Waals surface area contributed by atoms with Crippen LogP contribution in [0, 0.1) is 0 Å². The fourth-order valence-electron chi connectivity index (χ4n) is 1.25. The lowest BCUT2D eigenvalue weighted by atomic mass is 10.1. The van der Waals surface area contributed by atoms with Crippen LogP contribution in [0.1, 0.15) is 5.56 Å². The van der Waals surface area contributed by atoms with E-state index in [0.717, 1.165) is 13.0 Å². The molecule has 0 saturated carbocycles. The van der Waals surface area contributed by atoms with Crippen molar-refractivity contribution in [2.75, 3.05) is 20.3 Å². The second kappa shape index (κ2) is 6.14. The molecule has 0 unspecified atom stereocenters. The van der Waals surface area contributed by atoms with E-state index in [1.165, 1.54) is 10.0 Å². The molecule has 78 valence electrons. The summed E-state index contributed by atoms with van der Waals surface area (Å²) in [7, 11) is 2.04. The number of nitrogens with zero attached hydrogens (tertiary/aromatic N) is 1. The SMILES string of the molecule is CN(CCc1ccccc1Br)CNN. The summed E-state index contributed by atoms with van der Waals surface area (Å²) < 4.78 is 1.18. The smallest absolute Gasteiger partial charge is 0.0610 e. The van der Waals surface area contributed by atoms with Gasteiger partial charge in [0, 0.05) is 11.0 Å². The zero-order valence-corrected chi connectivity index (χ0v) is 9.92. The van der Waals surface area contributed by atoms with Crippen molar-refractivity contribution in [2.24, 2.45) is 5.84 Å². The highest BCUT2D eigenvalue weighted by Gasteiger charge is 2.00. The number of hydrogen-bond donors (Lipinski definition) is 2. The van der Waals surface area contributed by atoms with E-state index in [1.807, 2.05) is 13.1 Å². The van der Waals surface area contributed by atoms with Gasteiger partial charge in [-0.25, -0.2) is 5.43 Å². The van der Waals surface area contributed by atoms with E-state index >= 15 is 0 Å². The summed E-state index contributed by atoms with van der Waals surface area (Å²) in [4.78, 5) is 2.14. The minimum absolute atomic E-state index is 0.713. The second-order valence-electron chi connectivity index (χ2n) is 3.28. The van der Waals surface area contributed by atoms with E-state index in [1.54, 1.807) is 0 Å². The first-order valence-electron chi connectivity index (χ1n) is 4.59. The molecule has 0 amide bonds. The van der Waals surface area contributed by atoms with Gasteiger partial charge >= 0.3 is 0 Å². The number of hydrazine groups is 1. The van der Waals surface area contributed by atoms with Crippen molar-refractivity contribution in [3.8, 4) is 0 Å². The minimum Gasteiger partial charge on any atom is -0.292 e. The molecule has 0 aliphatic rings. The molecule has 0 radical (unpaired) electrons. The van der Waals surface area contributed by atoms with E-state index in [-0.39, 0.29) is 0 Å². The highest BCUT2D eigenvalue weighted by Crippen LogP contribution is 2.16. The van der Waals surface area contributed by atoms with Crippen LogP contribution in [-0.2, 0) is 6.42 Å². The van der Waals surface area contributed by atoms with Gasteiger partial charge < -0.3 is 0 Å². The molecule has 1 aromatic carbocycles. The van der Waals surface area contributed by atoms with Crippen LogP contribution in [0.3, 0.4) is 0 Å². The number of halogens is 1. The lowest BCUT2D eigenvalue weighted by Gasteiger charge is -2.15. The minimum atomic E-state index is 0.713. The van der Waals surface area contributed by atoms with Crippen molar-refractivity contribution >= 4 is 15.9 Å². The number of nitrogens with two attached hydrogens (primary N) is 1. The Morgan fingerprint density at radius 2 is 2.14 bits per heavy atom. The first kappa shape index (κ1) is 11.7. The van der Waals surface area contributed by atoms with Crippen LogP contribution in [0.5, 0.6) is 0 Å². The molecule has 0 atom stereocenters. The lowest BCUT2D eigenvalue weighted by molar-refractivity contribution is 0.312. The van der Waals surface area contributed by atoms with Gasteiger partial charge in [0.1, 0.15) is 0 Å². The Kier molecular flexibility index (Phi) is 5.11. The van der Waals surface area contributed by atoms with Gasteiger partial charge in [0.05, 0.1) is 6.67 Å². The molecule has 1 rings (SSSR count). The van der Waals surface area contributed by atoms with Crippen LogP contribution in [0.4, 0.5) is 0 Å². The van der Waals surface area contributed by atoms with Gasteiger partial charge in [-0.3, -0.25) is 10.7 Å². The van der Waals surface area contributed by atoms with E-state index in [0.29, 0.717) is 6.67 Å². The molecule has 1 aromatic rings. The molecule has 0 spiro atoms. The first-order chi connectivity index (χ1) is 6.74. The maximum atomic E-state index is 5.23. The summed E-state index contributed by atoms with van der Waals surface area (Å²) in [6.07, 6.45) is 1.03. The average molecular weight is 258 g/mol. The molecule has 0 aliphatic carbocycles. The Balaban J connectivity index is 2.41. The van der Waals surface area contributed by atoms with E-state index < -0.39 is 0 Å². The number of benzene rings is 1. The Labute approximate surface area is 93.4 Å². The van der Waals surface area contributed by atoms with Crippen LogP contribution in [0.25, 0.3) is 0 Å². The number of rotatable bonds is 5. The van der Waals surface area contributed by atoms with E-state index in [9.17, 15) is 0 Å². The van der Waals surface area contributed by atoms with Gasteiger partial charge in [-0.15, -0.1) is 0 Å². The molecule has 0 aliphatic heterocycles. The van der Waals surface area contributed by atoms with Crippen molar-refractivity contribution in [1.29, 1.82) is 0 Å². The van der Waals surface area contributed by atoms with Gasteiger partial charge in [-0.2, -0.15) is 0 Å². The molecule has 0 saturated heterocycles. The molecule has 14 heavy (non-hydrogen) atoms. The molecule has 3 N–H and O–H groups in total. The van der Waals surface area contributed by atoms with Crippen molar-refractivity contribution in [3.05, 3.63) is 34.3 Å². The molecule has 0 bridgehead atoms. The Morgan fingerprint density at radius 3 is 2.79 bits per heavy atom. The van der Waals surface area contributed by atoms with Gasteiger partial charge in [0.2, 0.25) is 0 Å². The van der Waals surface area contributed by atoms with Crippen LogP contribution < -0.4 is 11.3 Å². The molecule has 0 aromatic heterocycles. The summed E-state index contributed by atoms with van der Waals surface area (Å²) in [5.74, 6) is 5.23. The highest BCUT2D eigenvalue weighted by molar-refractivity contribution is 9.10. The van der Waals surface area contributed by atoms with Crippen molar-refractivity contribution in [1.82, 2.24) is 10.3 Å². The zero-order valence-electron chi connectivity index (χ0n) is 8.33. The van der Waals surface area contributed by atoms with Crippen molar-refractivity contribution in [3.63, 3.8) is 0 Å². The van der Waals surface area contributed by atoms with Crippen LogP contribution in [-0.4, -0.2) is 25.2 Å². The zero-order chi connectivity index (χ0) is 10.4. The predicted molar refractivity (Wildman–Crippen MR) is 62.7 cm³/mol. The quantitative estimate of drug-likeness (QED) is 0.476. The maximum Gasteiger partial charge on any atom is 0.0610 e. The largest absolute Gasteiger partial charge is 0.292 e. The van der Waals surface area contributed by atoms with Gasteiger partial charge in [-0.1, -0.05) is 34.1 Å². The van der Waals surface area contributed by atoms with Crippen LogP contribution in [0.2, 0.25) is 0 Å². The van der Waals surface area contributed by atoms with Crippen molar-refractivity contribution in [2.45, 2.75) is 6.42 Å². The molecule has 0 fully saturated rings. The maximum absolute atomic E-state index is 5.23. The van der Waals surface area contributed by atoms with Gasteiger partial charge in [0.25, 0.3) is 0 Å². The average Bonchev–Trinajstić information content (AvgIpc) is 2.17. The fraction of sp³-hybridized carbons (Fsp3) is 0.400. The normalized spacial score (nSPS) is 10.9. The molecule has 0 heterocycles. The third kappa shape index (κ3) is 3.75. The van der Waals surface area contributed by atoms with Gasteiger partial charge in [-0.05, 0) is 25.1 Å². The molecular weight excluding hydrogens is 242 g/mol. The fourth-order valence-corrected chi connectivity index (χ4v) is 1.73. The van der Waals surface area contributed by atoms with Crippen LogP contribution >= 0.6 is 15.9 Å². The summed E-state index contributed by atoms with van der Waals surface area (Å²) in [6.45, 7) is 1.71. The number of hydrogen-bond acceptors (Lipinski definition) is 3. The molecule has 3 nitrogen and oxygen atoms in total. The molecular formula is C10H16BrN3. The standard InChI is InChI=1S/C10H16BrN3/c1-14(8-13-12)7-6-9-4-2-3-5-10(9)11/h2-5,13H,6-8,12H2,1H3. The Morgan fingerprint density at radius 1 is 1.43 bits per heavy atom. The predicted octanol–water partition coefficient (Wildman–Crippen LogP) is 1.34. The summed E-state index contributed by atoms with van der Waals surface area (Å²) in [6, 6.07) is 8.28. The number of nitrogens with one attached hydrogen (secondary N) is 1. The Bertz CT molecular complexity index is 278. The van der Waals surface area contributed by atoms with E-state index in [2.05, 4.69) is 44.5 Å². The summed E-state index contributed by atoms with van der Waals surface area (Å²) in [5.41, 5.74) is 3.96. The van der Waals surface area contributed by atoms with Crippen molar-refractivity contribution < 1.29 is 0 Å². The summed E-state index contributed by atoms with van der Waals surface area (Å²) in [5, 5.41) is 0. The molecule has 4 heteroatoms. The monoisotopic (exact) mass is 257 g/mol. The first-order valence-corrected chi connectivity index (χ1v) is 5.38. The number of likely N-dealkylation sites (N-methyl/N-ethyl adjacent to an activating group) is 1. The Hall–Kier alpha value is -0.420. The third-order valence-corrected chi connectivity index (χ3v) is 2.86. The van der Waals surface area contributed by atoms with Gasteiger partial charge in [0.15, 0.2) is 0 Å². The second-order valence-corrected chi connectivity index (χ2v) is 4.14.